The standard InChI is InChI=1S/C28H24NS.C25H30NSi.Ir/c1-17(2)20-12-13-29-25(14-20)21-8-10-23-24-11-9-22(16-27(24)30-26(23)15-21)28-18(3)6-5-7-19(28)4;1-18(2)14-22-16-24(26-17-25(22)27(4,5)6)21-13-12-19(3)23(15-21)20-10-8-7-9-11-20;/h5-14,16-17H,1-4H3;7-12,15-18H,14H2,1-6H3;/q2*-1;/i17D;3D3;. The van der Waals surface area contributed by atoms with Crippen molar-refractivity contribution < 1.29 is 25.6 Å². The Morgan fingerprint density at radius 2 is 1.47 bits per heavy atom. The first-order valence-electron chi connectivity index (χ1n) is 21.8. The van der Waals surface area contributed by atoms with Gasteiger partial charge in [-0.05, 0) is 98.7 Å². The molecule has 0 aliphatic rings. The predicted octanol–water partition coefficient (Wildman–Crippen LogP) is 14.6. The van der Waals surface area contributed by atoms with E-state index in [0.29, 0.717) is 17.0 Å². The summed E-state index contributed by atoms with van der Waals surface area (Å²) in [5.41, 5.74) is 12.9. The second-order valence-corrected chi connectivity index (χ2v) is 22.8. The van der Waals surface area contributed by atoms with E-state index in [2.05, 4.69) is 119 Å². The molecule has 8 rings (SSSR count). The van der Waals surface area contributed by atoms with Crippen LogP contribution >= 0.6 is 11.3 Å². The van der Waals surface area contributed by atoms with E-state index in [-0.39, 0.29) is 20.1 Å². The number of fused-ring (bicyclic) bond motifs is 3. The van der Waals surface area contributed by atoms with E-state index < -0.39 is 20.8 Å². The van der Waals surface area contributed by atoms with Gasteiger partial charge < -0.3 is 9.97 Å². The van der Waals surface area contributed by atoms with Gasteiger partial charge in [0.25, 0.3) is 0 Å². The predicted molar refractivity (Wildman–Crippen MR) is 251 cm³/mol. The van der Waals surface area contributed by atoms with Crippen molar-refractivity contribution in [2.24, 2.45) is 5.92 Å². The van der Waals surface area contributed by atoms with Gasteiger partial charge in [-0.15, -0.1) is 53.1 Å². The number of aryl methyl sites for hydroxylation is 3. The van der Waals surface area contributed by atoms with E-state index in [1.807, 2.05) is 68.6 Å². The van der Waals surface area contributed by atoms with E-state index in [1.54, 1.807) is 23.6 Å². The van der Waals surface area contributed by atoms with Crippen LogP contribution in [0.15, 0.2) is 122 Å². The Balaban J connectivity index is 0.000000204. The molecule has 3 aromatic heterocycles. The Hall–Kier alpha value is -4.51. The quantitative estimate of drug-likeness (QED) is 0.112. The zero-order valence-corrected chi connectivity index (χ0v) is 39.2. The molecule has 5 aromatic carbocycles. The monoisotopic (exact) mass is 975 g/mol. The third kappa shape index (κ3) is 9.51. The minimum absolute atomic E-state index is 0. The molecule has 0 saturated heterocycles. The molecule has 297 valence electrons. The molecular weight excluding hydrogens is 917 g/mol. The largest absolute Gasteiger partial charge is 0.305 e. The van der Waals surface area contributed by atoms with E-state index in [4.69, 9.17) is 10.5 Å². The summed E-state index contributed by atoms with van der Waals surface area (Å²) in [5, 5.41) is 3.89. The molecule has 5 heteroatoms. The molecule has 0 saturated carbocycles. The molecule has 0 N–H and O–H groups in total. The van der Waals surface area contributed by atoms with Gasteiger partial charge in [0.2, 0.25) is 0 Å². The molecule has 0 aliphatic heterocycles. The molecule has 0 unspecified atom stereocenters. The van der Waals surface area contributed by atoms with Crippen molar-refractivity contribution >= 4 is 44.8 Å². The van der Waals surface area contributed by atoms with E-state index in [0.717, 1.165) is 44.8 Å². The van der Waals surface area contributed by atoms with Crippen LogP contribution in [0, 0.1) is 38.8 Å². The SMILES string of the molecule is [2H]C(C)(C)c1ccnc(-c2[c-]c3sc4cc(-c5c(C)cccc5C)ccc4c3cc2)c1.[2H]C([2H])([2H])c1c[c-]c(-c2cc(CC(C)C)c([Si](C)(C)C)cn2)cc1-c1ccccc1.[Ir]. The maximum atomic E-state index is 8.32. The summed E-state index contributed by atoms with van der Waals surface area (Å²) >= 11 is 1.78. The molecule has 1 radical (unpaired) electrons. The van der Waals surface area contributed by atoms with Gasteiger partial charge in [0.05, 0.1) is 8.07 Å². The normalized spacial score (nSPS) is 12.9. The van der Waals surface area contributed by atoms with Gasteiger partial charge in [0, 0.05) is 42.7 Å². The number of thiophene rings is 1. The Morgan fingerprint density at radius 3 is 2.16 bits per heavy atom. The van der Waals surface area contributed by atoms with Gasteiger partial charge in [-0.2, -0.15) is 11.3 Å². The smallest absolute Gasteiger partial charge is 0.0798 e. The van der Waals surface area contributed by atoms with Crippen LogP contribution in [0.3, 0.4) is 0 Å². The summed E-state index contributed by atoms with van der Waals surface area (Å²) in [6.45, 7) is 17.5. The second kappa shape index (κ2) is 18.2. The zero-order valence-electron chi connectivity index (χ0n) is 39.0. The van der Waals surface area contributed by atoms with Crippen molar-refractivity contribution in [3.8, 4) is 44.8 Å². The summed E-state index contributed by atoms with van der Waals surface area (Å²) in [6, 6.07) is 43.6. The van der Waals surface area contributed by atoms with Gasteiger partial charge >= 0.3 is 0 Å². The number of hydrogen-bond donors (Lipinski definition) is 0. The zero-order chi connectivity index (χ0) is 43.9. The molecule has 0 spiro atoms. The fourth-order valence-corrected chi connectivity index (χ4v) is 10.3. The molecule has 2 nitrogen and oxygen atoms in total. The molecule has 58 heavy (non-hydrogen) atoms. The maximum absolute atomic E-state index is 8.32. The van der Waals surface area contributed by atoms with Crippen LogP contribution < -0.4 is 5.19 Å². The molecular formula is C53H54IrN2SSi-2. The minimum Gasteiger partial charge on any atom is -0.305 e. The second-order valence-electron chi connectivity index (χ2n) is 16.7. The molecule has 8 aromatic rings. The number of hydrogen-bond acceptors (Lipinski definition) is 3. The first kappa shape index (κ1) is 37.7. The van der Waals surface area contributed by atoms with Gasteiger partial charge in [-0.3, -0.25) is 0 Å². The van der Waals surface area contributed by atoms with Crippen LogP contribution in [0.5, 0.6) is 0 Å². The maximum Gasteiger partial charge on any atom is 0.0798 e. The van der Waals surface area contributed by atoms with E-state index >= 15 is 0 Å². The van der Waals surface area contributed by atoms with Crippen LogP contribution in [0.25, 0.3) is 64.9 Å². The number of nitrogens with zero attached hydrogens (tertiary/aromatic N) is 2. The molecule has 0 aliphatic carbocycles. The Bertz CT molecular complexity index is 2830. The van der Waals surface area contributed by atoms with Crippen molar-refractivity contribution in [2.45, 2.75) is 80.4 Å². The van der Waals surface area contributed by atoms with Gasteiger partial charge in [-0.25, -0.2) is 0 Å². The Kier molecular flexibility index (Phi) is 11.8. The van der Waals surface area contributed by atoms with Gasteiger partial charge in [-0.1, -0.05) is 149 Å². The van der Waals surface area contributed by atoms with E-state index in [1.165, 1.54) is 48.5 Å². The summed E-state index contributed by atoms with van der Waals surface area (Å²) in [7, 11) is -1.51. The Labute approximate surface area is 370 Å². The van der Waals surface area contributed by atoms with E-state index in [9.17, 15) is 0 Å². The fourth-order valence-electron chi connectivity index (χ4n) is 7.59. The van der Waals surface area contributed by atoms with Crippen LogP contribution in [-0.4, -0.2) is 18.0 Å². The topological polar surface area (TPSA) is 25.8 Å². The molecule has 0 atom stereocenters. The van der Waals surface area contributed by atoms with Crippen molar-refractivity contribution in [3.63, 3.8) is 0 Å². The third-order valence-corrected chi connectivity index (χ3v) is 13.7. The molecule has 0 fully saturated rings. The van der Waals surface area contributed by atoms with Crippen LogP contribution in [0.4, 0.5) is 0 Å². The number of aromatic nitrogens is 2. The van der Waals surface area contributed by atoms with Crippen LogP contribution in [0.2, 0.25) is 19.6 Å². The van der Waals surface area contributed by atoms with Crippen molar-refractivity contribution in [2.75, 3.05) is 0 Å². The van der Waals surface area contributed by atoms with Crippen molar-refractivity contribution in [1.82, 2.24) is 9.97 Å². The average molecular weight is 975 g/mol. The summed E-state index contributed by atoms with van der Waals surface area (Å²) in [5.74, 6) is -0.0964. The average Bonchev–Trinajstić information content (AvgIpc) is 3.57. The first-order valence-corrected chi connectivity index (χ1v) is 24.1. The number of benzene rings is 5. The van der Waals surface area contributed by atoms with Crippen LogP contribution in [-0.2, 0) is 26.5 Å². The minimum atomic E-state index is -2.20. The number of pyridine rings is 2. The summed E-state index contributed by atoms with van der Waals surface area (Å²) in [6.07, 6.45) is 4.84. The fraction of sp³-hybridized carbons (Fsp3) is 0.245. The van der Waals surface area contributed by atoms with Crippen molar-refractivity contribution in [3.05, 3.63) is 162 Å². The van der Waals surface area contributed by atoms with Crippen molar-refractivity contribution in [1.29, 1.82) is 0 Å². The number of rotatable bonds is 8. The van der Waals surface area contributed by atoms with Gasteiger partial charge in [0.1, 0.15) is 0 Å². The van der Waals surface area contributed by atoms with Gasteiger partial charge in [0.15, 0.2) is 0 Å². The summed E-state index contributed by atoms with van der Waals surface area (Å²) < 4.78 is 34.6. The third-order valence-electron chi connectivity index (χ3n) is 10.5. The summed E-state index contributed by atoms with van der Waals surface area (Å²) in [4.78, 5) is 9.32. The Morgan fingerprint density at radius 1 is 0.741 bits per heavy atom. The molecule has 3 heterocycles. The first-order chi connectivity index (χ1) is 28.8. The molecule has 0 amide bonds. The molecule has 0 bridgehead atoms. The van der Waals surface area contributed by atoms with Crippen LogP contribution in [0.1, 0.15) is 66.9 Å².